The Bertz CT molecular complexity index is 464. The zero-order chi connectivity index (χ0) is 14.2. The van der Waals surface area contributed by atoms with Crippen LogP contribution >= 0.6 is 0 Å². The van der Waals surface area contributed by atoms with Crippen LogP contribution in [0.4, 0.5) is 11.4 Å². The maximum Gasteiger partial charge on any atom is 0.0367 e. The van der Waals surface area contributed by atoms with Gasteiger partial charge in [-0.2, -0.15) is 0 Å². The second kappa shape index (κ2) is 5.53. The molecule has 1 aromatic rings. The third kappa shape index (κ3) is 2.64. The fraction of sp³-hybridized carbons (Fsp3) is 0.667. The Labute approximate surface area is 128 Å². The second-order valence-electron chi connectivity index (χ2n) is 7.10. The summed E-state index contributed by atoms with van der Waals surface area (Å²) in [6.45, 7) is 2.45. The summed E-state index contributed by atoms with van der Waals surface area (Å²) >= 11 is 0. The molecular formula is C18H27N3. The number of piperidine rings is 1. The zero-order valence-corrected chi connectivity index (χ0v) is 13.1. The molecule has 3 saturated heterocycles. The van der Waals surface area contributed by atoms with E-state index in [1.165, 1.54) is 63.0 Å². The summed E-state index contributed by atoms with van der Waals surface area (Å²) in [5, 5.41) is 3.77. The third-order valence-electron chi connectivity index (χ3n) is 5.81. The summed E-state index contributed by atoms with van der Waals surface area (Å²) in [5.74, 6) is 0. The maximum absolute atomic E-state index is 3.77. The zero-order valence-electron chi connectivity index (χ0n) is 13.1. The molecule has 3 fully saturated rings. The molecule has 2 atom stereocenters. The number of anilines is 2. The Kier molecular flexibility index (Phi) is 3.54. The highest BCUT2D eigenvalue weighted by atomic mass is 15.2. The van der Waals surface area contributed by atoms with E-state index in [1.807, 2.05) is 0 Å². The lowest BCUT2D eigenvalue weighted by atomic mass is 9.98. The number of nitrogens with one attached hydrogen (secondary N) is 1. The molecule has 21 heavy (non-hydrogen) atoms. The van der Waals surface area contributed by atoms with Gasteiger partial charge in [-0.25, -0.2) is 0 Å². The maximum atomic E-state index is 3.77. The SMILES string of the molecule is CN1C2CCC1CC(Nc1ccc(N3CCCC3)cc1)C2. The molecule has 4 rings (SSSR count). The standard InChI is InChI=1S/C18H27N3/c1-20-17-8-9-18(20)13-15(12-17)19-14-4-6-16(7-5-14)21-10-2-3-11-21/h4-7,15,17-19H,2-3,8-13H2,1H3. The highest BCUT2D eigenvalue weighted by molar-refractivity contribution is 5.55. The molecule has 3 heterocycles. The summed E-state index contributed by atoms with van der Waals surface area (Å²) in [6, 6.07) is 11.4. The van der Waals surface area contributed by atoms with Crippen molar-refractivity contribution in [2.75, 3.05) is 30.4 Å². The van der Waals surface area contributed by atoms with Crippen LogP contribution in [-0.2, 0) is 0 Å². The minimum atomic E-state index is 0.663. The normalized spacial score (nSPS) is 32.6. The van der Waals surface area contributed by atoms with Gasteiger partial charge in [0.25, 0.3) is 0 Å². The molecule has 1 N–H and O–H groups in total. The van der Waals surface area contributed by atoms with Gasteiger partial charge in [0.05, 0.1) is 0 Å². The Morgan fingerprint density at radius 3 is 2.19 bits per heavy atom. The number of hydrogen-bond donors (Lipinski definition) is 1. The van der Waals surface area contributed by atoms with Crippen molar-refractivity contribution in [1.29, 1.82) is 0 Å². The van der Waals surface area contributed by atoms with Crippen molar-refractivity contribution in [3.05, 3.63) is 24.3 Å². The summed E-state index contributed by atoms with van der Waals surface area (Å²) in [4.78, 5) is 5.11. The van der Waals surface area contributed by atoms with Crippen molar-refractivity contribution >= 4 is 11.4 Å². The van der Waals surface area contributed by atoms with Gasteiger partial charge in [0.15, 0.2) is 0 Å². The van der Waals surface area contributed by atoms with Crippen LogP contribution in [0, 0.1) is 0 Å². The van der Waals surface area contributed by atoms with Gasteiger partial charge in [0, 0.05) is 42.6 Å². The van der Waals surface area contributed by atoms with Gasteiger partial charge >= 0.3 is 0 Å². The molecule has 0 aliphatic carbocycles. The van der Waals surface area contributed by atoms with Crippen LogP contribution in [0.1, 0.15) is 38.5 Å². The van der Waals surface area contributed by atoms with Gasteiger partial charge in [0.1, 0.15) is 0 Å². The van der Waals surface area contributed by atoms with Gasteiger partial charge in [-0.15, -0.1) is 0 Å². The molecule has 114 valence electrons. The Balaban J connectivity index is 1.39. The summed E-state index contributed by atoms with van der Waals surface area (Å²) < 4.78 is 0. The summed E-state index contributed by atoms with van der Waals surface area (Å²) in [7, 11) is 2.31. The van der Waals surface area contributed by atoms with Gasteiger partial charge in [0.2, 0.25) is 0 Å². The molecule has 2 unspecified atom stereocenters. The third-order valence-corrected chi connectivity index (χ3v) is 5.81. The fourth-order valence-corrected chi connectivity index (χ4v) is 4.51. The average molecular weight is 285 g/mol. The first-order valence-corrected chi connectivity index (χ1v) is 8.63. The molecule has 3 nitrogen and oxygen atoms in total. The molecule has 1 aromatic carbocycles. The molecule has 3 aliphatic heterocycles. The van der Waals surface area contributed by atoms with Crippen molar-refractivity contribution < 1.29 is 0 Å². The summed E-state index contributed by atoms with van der Waals surface area (Å²) in [5.41, 5.74) is 2.69. The number of hydrogen-bond acceptors (Lipinski definition) is 3. The van der Waals surface area contributed by atoms with Gasteiger partial charge < -0.3 is 15.1 Å². The number of benzene rings is 1. The van der Waals surface area contributed by atoms with Crippen molar-refractivity contribution in [2.24, 2.45) is 0 Å². The largest absolute Gasteiger partial charge is 0.382 e. The van der Waals surface area contributed by atoms with E-state index in [1.54, 1.807) is 0 Å². The van der Waals surface area contributed by atoms with Crippen molar-refractivity contribution in [2.45, 2.75) is 56.7 Å². The van der Waals surface area contributed by atoms with E-state index in [2.05, 4.69) is 46.4 Å². The van der Waals surface area contributed by atoms with E-state index in [0.29, 0.717) is 6.04 Å². The van der Waals surface area contributed by atoms with E-state index < -0.39 is 0 Å². The molecule has 0 amide bonds. The molecular weight excluding hydrogens is 258 g/mol. The van der Waals surface area contributed by atoms with Gasteiger partial charge in [-0.05, 0) is 69.8 Å². The predicted octanol–water partition coefficient (Wildman–Crippen LogP) is 3.32. The van der Waals surface area contributed by atoms with Crippen molar-refractivity contribution in [3.8, 4) is 0 Å². The first kappa shape index (κ1) is 13.4. The van der Waals surface area contributed by atoms with E-state index in [4.69, 9.17) is 0 Å². The van der Waals surface area contributed by atoms with Crippen LogP contribution in [0.5, 0.6) is 0 Å². The first-order valence-electron chi connectivity index (χ1n) is 8.63. The van der Waals surface area contributed by atoms with E-state index in [9.17, 15) is 0 Å². The molecule has 0 aromatic heterocycles. The van der Waals surface area contributed by atoms with E-state index in [-0.39, 0.29) is 0 Å². The highest BCUT2D eigenvalue weighted by Gasteiger charge is 2.38. The Morgan fingerprint density at radius 1 is 0.952 bits per heavy atom. The van der Waals surface area contributed by atoms with Crippen LogP contribution < -0.4 is 10.2 Å². The van der Waals surface area contributed by atoms with E-state index in [0.717, 1.165) is 12.1 Å². The quantitative estimate of drug-likeness (QED) is 0.919. The number of nitrogens with zero attached hydrogens (tertiary/aromatic N) is 2. The lowest BCUT2D eigenvalue weighted by molar-refractivity contribution is 0.169. The molecule has 3 aliphatic rings. The second-order valence-corrected chi connectivity index (χ2v) is 7.10. The Hall–Kier alpha value is -1.22. The number of rotatable bonds is 3. The molecule has 0 radical (unpaired) electrons. The van der Waals surface area contributed by atoms with Crippen LogP contribution in [0.2, 0.25) is 0 Å². The molecule has 3 heteroatoms. The minimum absolute atomic E-state index is 0.663. The highest BCUT2D eigenvalue weighted by Crippen LogP contribution is 2.35. The van der Waals surface area contributed by atoms with Crippen LogP contribution in [-0.4, -0.2) is 43.2 Å². The fourth-order valence-electron chi connectivity index (χ4n) is 4.51. The molecule has 2 bridgehead atoms. The van der Waals surface area contributed by atoms with Crippen molar-refractivity contribution in [1.82, 2.24) is 4.90 Å². The van der Waals surface area contributed by atoms with E-state index >= 15 is 0 Å². The van der Waals surface area contributed by atoms with Gasteiger partial charge in [-0.1, -0.05) is 0 Å². The predicted molar refractivity (Wildman–Crippen MR) is 89.1 cm³/mol. The smallest absolute Gasteiger partial charge is 0.0367 e. The minimum Gasteiger partial charge on any atom is -0.382 e. The van der Waals surface area contributed by atoms with Crippen LogP contribution in [0.15, 0.2) is 24.3 Å². The number of fused-ring (bicyclic) bond motifs is 2. The molecule has 0 saturated carbocycles. The average Bonchev–Trinajstić information content (AvgIpc) is 3.08. The van der Waals surface area contributed by atoms with Crippen LogP contribution in [0.3, 0.4) is 0 Å². The summed E-state index contributed by atoms with van der Waals surface area (Å²) in [6.07, 6.45) is 8.10. The Morgan fingerprint density at radius 2 is 1.57 bits per heavy atom. The topological polar surface area (TPSA) is 18.5 Å². The molecule has 0 spiro atoms. The first-order chi connectivity index (χ1) is 10.3. The monoisotopic (exact) mass is 285 g/mol. The van der Waals surface area contributed by atoms with Crippen molar-refractivity contribution in [3.63, 3.8) is 0 Å². The lowest BCUT2D eigenvalue weighted by Gasteiger charge is -2.37. The van der Waals surface area contributed by atoms with Crippen LogP contribution in [0.25, 0.3) is 0 Å². The lowest BCUT2D eigenvalue weighted by Crippen LogP contribution is -2.44. The van der Waals surface area contributed by atoms with Gasteiger partial charge in [-0.3, -0.25) is 0 Å².